The van der Waals surface area contributed by atoms with E-state index in [1.54, 1.807) is 13.8 Å². The van der Waals surface area contributed by atoms with Gasteiger partial charge in [-0.15, -0.1) is 0 Å². The summed E-state index contributed by atoms with van der Waals surface area (Å²) in [6.45, 7) is 6.88. The van der Waals surface area contributed by atoms with E-state index >= 15 is 0 Å². The van der Waals surface area contributed by atoms with E-state index in [1.807, 2.05) is 6.07 Å². The summed E-state index contributed by atoms with van der Waals surface area (Å²) in [5.74, 6) is -0.800. The Morgan fingerprint density at radius 2 is 2.11 bits per heavy atom. The summed E-state index contributed by atoms with van der Waals surface area (Å²) in [5, 5.41) is 19.3. The molecule has 5 nitrogen and oxygen atoms in total. The summed E-state index contributed by atoms with van der Waals surface area (Å²) in [4.78, 5) is 14.1. The second-order valence-corrected chi connectivity index (χ2v) is 4.95. The molecule has 1 aliphatic carbocycles. The number of aliphatic hydroxyl groups excluding tert-OH is 1. The van der Waals surface area contributed by atoms with Crippen LogP contribution in [-0.4, -0.2) is 48.6 Å². The van der Waals surface area contributed by atoms with Gasteiger partial charge in [0.15, 0.2) is 5.78 Å². The first kappa shape index (κ1) is 13.8. The molecule has 0 bridgehead atoms. The molecule has 0 amide bonds. The van der Waals surface area contributed by atoms with Crippen LogP contribution < -0.4 is 0 Å². The van der Waals surface area contributed by atoms with Crippen molar-refractivity contribution in [1.29, 1.82) is 5.26 Å². The summed E-state index contributed by atoms with van der Waals surface area (Å²) in [6, 6.07) is 1.96. The number of nitrogens with zero attached hydrogens (tertiary/aromatic N) is 2. The Hall–Kier alpha value is -1.64. The zero-order valence-corrected chi connectivity index (χ0v) is 11.3. The largest absolute Gasteiger partial charge is 0.511 e. The first-order valence-corrected chi connectivity index (χ1v) is 6.44. The minimum Gasteiger partial charge on any atom is -0.511 e. The molecule has 1 saturated heterocycles. The molecule has 0 aromatic carbocycles. The molecule has 1 N–H and O–H groups in total. The summed E-state index contributed by atoms with van der Waals surface area (Å²) in [6.07, 6.45) is 0. The van der Waals surface area contributed by atoms with Gasteiger partial charge in [-0.1, -0.05) is 0 Å². The highest BCUT2D eigenvalue weighted by atomic mass is 16.5. The van der Waals surface area contributed by atoms with E-state index in [1.165, 1.54) is 0 Å². The Balaban J connectivity index is 2.28. The fraction of sp³-hybridized carbons (Fsp3) is 0.571. The molecule has 0 aromatic rings. The molecular weight excluding hydrogens is 244 g/mol. The van der Waals surface area contributed by atoms with Gasteiger partial charge >= 0.3 is 0 Å². The number of ketones is 1. The fourth-order valence-corrected chi connectivity index (χ4v) is 2.45. The average molecular weight is 262 g/mol. The van der Waals surface area contributed by atoms with Crippen LogP contribution in [0.5, 0.6) is 0 Å². The van der Waals surface area contributed by atoms with Gasteiger partial charge in [0, 0.05) is 25.2 Å². The number of ether oxygens (including phenoxy) is 1. The Morgan fingerprint density at radius 1 is 1.47 bits per heavy atom. The lowest BCUT2D eigenvalue weighted by atomic mass is 9.83. The molecular formula is C14H18N2O3. The number of hydrogen-bond acceptors (Lipinski definition) is 5. The third-order valence-electron chi connectivity index (χ3n) is 3.78. The maximum atomic E-state index is 11.9. The first-order valence-electron chi connectivity index (χ1n) is 6.44. The van der Waals surface area contributed by atoms with Gasteiger partial charge in [0.2, 0.25) is 0 Å². The number of hydrogen-bond donors (Lipinski definition) is 1. The van der Waals surface area contributed by atoms with E-state index in [4.69, 9.17) is 10.00 Å². The Morgan fingerprint density at radius 3 is 2.68 bits per heavy atom. The Bertz CT molecular complexity index is 493. The normalized spacial score (nSPS) is 25.7. The molecule has 0 saturated carbocycles. The van der Waals surface area contributed by atoms with Crippen molar-refractivity contribution in [1.82, 2.24) is 4.90 Å². The molecule has 1 fully saturated rings. The van der Waals surface area contributed by atoms with E-state index < -0.39 is 5.92 Å². The molecule has 19 heavy (non-hydrogen) atoms. The minimum atomic E-state index is -0.616. The molecule has 2 aliphatic rings. The van der Waals surface area contributed by atoms with Crippen molar-refractivity contribution in [3.8, 4) is 6.07 Å². The predicted octanol–water partition coefficient (Wildman–Crippen LogP) is 1.19. The summed E-state index contributed by atoms with van der Waals surface area (Å²) >= 11 is 0. The summed E-state index contributed by atoms with van der Waals surface area (Å²) in [5.41, 5.74) is 1.49. The van der Waals surface area contributed by atoms with E-state index in [9.17, 15) is 9.90 Å². The Kier molecular flexibility index (Phi) is 4.03. The van der Waals surface area contributed by atoms with Crippen LogP contribution in [-0.2, 0) is 9.53 Å². The van der Waals surface area contributed by atoms with Crippen LogP contribution >= 0.6 is 0 Å². The minimum absolute atomic E-state index is 0.105. The maximum absolute atomic E-state index is 11.9. The lowest BCUT2D eigenvalue weighted by Crippen LogP contribution is -2.39. The van der Waals surface area contributed by atoms with Crippen LogP contribution in [0.1, 0.15) is 13.8 Å². The highest BCUT2D eigenvalue weighted by Gasteiger charge is 2.32. The predicted molar refractivity (Wildman–Crippen MR) is 69.4 cm³/mol. The van der Waals surface area contributed by atoms with E-state index in [-0.39, 0.29) is 17.1 Å². The fourth-order valence-electron chi connectivity index (χ4n) is 2.45. The van der Waals surface area contributed by atoms with Gasteiger partial charge in [-0.2, -0.15) is 5.26 Å². The molecule has 0 aromatic heterocycles. The van der Waals surface area contributed by atoms with E-state index in [0.717, 1.165) is 13.1 Å². The molecule has 102 valence electrons. The highest BCUT2D eigenvalue weighted by molar-refractivity contribution is 6.04. The van der Waals surface area contributed by atoms with Crippen LogP contribution in [0.3, 0.4) is 0 Å². The van der Waals surface area contributed by atoms with Crippen molar-refractivity contribution in [2.75, 3.05) is 32.8 Å². The molecule has 5 heteroatoms. The zero-order chi connectivity index (χ0) is 14.0. The van der Waals surface area contributed by atoms with Crippen molar-refractivity contribution >= 4 is 5.78 Å². The first-order chi connectivity index (χ1) is 9.06. The summed E-state index contributed by atoms with van der Waals surface area (Å²) < 4.78 is 5.28. The quantitative estimate of drug-likeness (QED) is 0.809. The van der Waals surface area contributed by atoms with Crippen molar-refractivity contribution in [3.63, 3.8) is 0 Å². The van der Waals surface area contributed by atoms with Crippen LogP contribution in [0.4, 0.5) is 0 Å². The number of Topliss-reactive ketones (excluding diaryl/α,β-unsaturated/α-hetero) is 1. The van der Waals surface area contributed by atoms with Gasteiger partial charge in [-0.05, 0) is 19.4 Å². The SMILES string of the molecule is CC1=C(C#N)C(=O)[C@@H](C)C(O)=C1CN1CCOCC1. The third-order valence-corrected chi connectivity index (χ3v) is 3.78. The van der Waals surface area contributed by atoms with Crippen molar-refractivity contribution in [2.45, 2.75) is 13.8 Å². The molecule has 1 aliphatic heterocycles. The van der Waals surface area contributed by atoms with Crippen LogP contribution in [0.15, 0.2) is 22.5 Å². The van der Waals surface area contributed by atoms with Gasteiger partial charge < -0.3 is 9.84 Å². The average Bonchev–Trinajstić information content (AvgIpc) is 2.43. The van der Waals surface area contributed by atoms with Gasteiger partial charge in [0.05, 0.1) is 24.7 Å². The number of allylic oxidation sites excluding steroid dienone is 2. The molecule has 0 spiro atoms. The van der Waals surface area contributed by atoms with Crippen LogP contribution in [0.2, 0.25) is 0 Å². The standard InChI is InChI=1S/C14H18N2O3/c1-9-11(7-15)13(17)10(2)14(18)12(9)8-16-3-5-19-6-4-16/h10,18H,3-6,8H2,1-2H3/t10-/m1/s1. The van der Waals surface area contributed by atoms with Crippen molar-refractivity contribution in [3.05, 3.63) is 22.5 Å². The van der Waals surface area contributed by atoms with Crippen molar-refractivity contribution < 1.29 is 14.6 Å². The molecule has 2 rings (SSSR count). The zero-order valence-electron chi connectivity index (χ0n) is 11.3. The topological polar surface area (TPSA) is 73.6 Å². The Labute approximate surface area is 112 Å². The second-order valence-electron chi connectivity index (χ2n) is 4.95. The lowest BCUT2D eigenvalue weighted by molar-refractivity contribution is -0.118. The smallest absolute Gasteiger partial charge is 0.183 e. The molecule has 0 radical (unpaired) electrons. The summed E-state index contributed by atoms with van der Waals surface area (Å²) in [7, 11) is 0. The number of carbonyl (C=O) groups is 1. The van der Waals surface area contributed by atoms with Gasteiger partial charge in [-0.25, -0.2) is 0 Å². The van der Waals surface area contributed by atoms with Gasteiger partial charge in [0.1, 0.15) is 11.8 Å². The number of nitriles is 1. The highest BCUT2D eigenvalue weighted by Crippen LogP contribution is 2.31. The number of morpholine rings is 1. The third kappa shape index (κ3) is 2.55. The number of carbonyl (C=O) groups excluding carboxylic acids is 1. The number of rotatable bonds is 2. The monoisotopic (exact) mass is 262 g/mol. The van der Waals surface area contributed by atoms with Crippen molar-refractivity contribution in [2.24, 2.45) is 5.92 Å². The lowest BCUT2D eigenvalue weighted by Gasteiger charge is -2.30. The second kappa shape index (κ2) is 5.55. The van der Waals surface area contributed by atoms with Gasteiger partial charge in [-0.3, -0.25) is 9.69 Å². The number of aliphatic hydroxyl groups is 1. The molecule has 1 atom stereocenters. The van der Waals surface area contributed by atoms with E-state index in [0.29, 0.717) is 30.9 Å². The van der Waals surface area contributed by atoms with Crippen LogP contribution in [0, 0.1) is 17.2 Å². The van der Waals surface area contributed by atoms with Crippen LogP contribution in [0.25, 0.3) is 0 Å². The van der Waals surface area contributed by atoms with E-state index in [2.05, 4.69) is 4.90 Å². The molecule has 0 unspecified atom stereocenters. The van der Waals surface area contributed by atoms with Gasteiger partial charge in [0.25, 0.3) is 0 Å². The maximum Gasteiger partial charge on any atom is 0.183 e. The molecule has 1 heterocycles.